The summed E-state index contributed by atoms with van der Waals surface area (Å²) in [4.78, 5) is 13.4. The highest BCUT2D eigenvalue weighted by Gasteiger charge is 2.55. The van der Waals surface area contributed by atoms with Crippen molar-refractivity contribution in [1.29, 1.82) is 0 Å². The fraction of sp³-hybridized carbons (Fsp3) is 0.737. The van der Waals surface area contributed by atoms with Gasteiger partial charge < -0.3 is 4.57 Å². The van der Waals surface area contributed by atoms with Crippen molar-refractivity contribution in [3.63, 3.8) is 0 Å². The number of nitrogens with zero attached hydrogens (tertiary/aromatic N) is 3. The van der Waals surface area contributed by atoms with E-state index in [0.717, 1.165) is 48.0 Å². The van der Waals surface area contributed by atoms with Crippen LogP contribution < -0.4 is 0 Å². The summed E-state index contributed by atoms with van der Waals surface area (Å²) < 4.78 is 2.04. The number of carbonyl (C=O) groups excluding carboxylic acids is 1. The zero-order valence-corrected chi connectivity index (χ0v) is 15.5. The maximum Gasteiger partial charge on any atom is 0.192 e. The number of aryl methyl sites for hydroxylation is 1. The van der Waals surface area contributed by atoms with E-state index in [1.807, 2.05) is 17.6 Å². The Morgan fingerprint density at radius 1 is 1.29 bits per heavy atom. The lowest BCUT2D eigenvalue weighted by Gasteiger charge is -2.56. The molecule has 4 aliphatic rings. The Kier molecular flexibility index (Phi) is 4.10. The predicted octanol–water partition coefficient (Wildman–Crippen LogP) is 4.04. The van der Waals surface area contributed by atoms with Gasteiger partial charge in [0.2, 0.25) is 0 Å². The van der Waals surface area contributed by atoms with Crippen LogP contribution in [0.5, 0.6) is 0 Å². The lowest BCUT2D eigenvalue weighted by atomic mass is 9.48. The van der Waals surface area contributed by atoms with Crippen LogP contribution in [0.15, 0.2) is 17.8 Å². The molecular weight excluding hydrogens is 318 g/mol. The summed E-state index contributed by atoms with van der Waals surface area (Å²) in [7, 11) is 0. The normalized spacial score (nSPS) is 35.2. The predicted molar refractivity (Wildman–Crippen MR) is 95.9 cm³/mol. The number of hydrogen-bond acceptors (Lipinski definition) is 4. The van der Waals surface area contributed by atoms with Crippen LogP contribution >= 0.6 is 11.8 Å². The minimum Gasteiger partial charge on any atom is -0.302 e. The van der Waals surface area contributed by atoms with Gasteiger partial charge >= 0.3 is 0 Å². The molecule has 1 unspecified atom stereocenters. The molecule has 0 saturated heterocycles. The highest BCUT2D eigenvalue weighted by molar-refractivity contribution is 8.00. The molecule has 4 fully saturated rings. The van der Waals surface area contributed by atoms with E-state index in [2.05, 4.69) is 23.7 Å². The molecule has 4 nitrogen and oxygen atoms in total. The molecule has 1 heterocycles. The van der Waals surface area contributed by atoms with Crippen molar-refractivity contribution in [1.82, 2.24) is 14.8 Å². The van der Waals surface area contributed by atoms with Gasteiger partial charge in [-0.1, -0.05) is 17.8 Å². The zero-order valence-electron chi connectivity index (χ0n) is 14.7. The van der Waals surface area contributed by atoms with Gasteiger partial charge in [0.1, 0.15) is 5.82 Å². The highest BCUT2D eigenvalue weighted by atomic mass is 32.2. The maximum atomic E-state index is 13.4. The van der Waals surface area contributed by atoms with Crippen molar-refractivity contribution in [3.8, 4) is 0 Å². The SMILES string of the molecule is C=CCn1c(C)nnc1SC(C)C(=O)C12CC3CC(CC(C3)C1)C2. The summed E-state index contributed by atoms with van der Waals surface area (Å²) in [5, 5.41) is 9.25. The smallest absolute Gasteiger partial charge is 0.192 e. The van der Waals surface area contributed by atoms with Crippen LogP contribution in [-0.2, 0) is 11.3 Å². The van der Waals surface area contributed by atoms with E-state index >= 15 is 0 Å². The zero-order chi connectivity index (χ0) is 16.9. The number of allylic oxidation sites excluding steroid dienone is 1. The van der Waals surface area contributed by atoms with Gasteiger partial charge in [-0.05, 0) is 70.1 Å². The van der Waals surface area contributed by atoms with Gasteiger partial charge in [-0.3, -0.25) is 4.79 Å². The van der Waals surface area contributed by atoms with E-state index in [4.69, 9.17) is 0 Å². The molecule has 1 atom stereocenters. The molecule has 0 N–H and O–H groups in total. The minimum absolute atomic E-state index is 0.0283. The number of carbonyl (C=O) groups is 1. The van der Waals surface area contributed by atoms with Crippen LogP contribution in [0.2, 0.25) is 0 Å². The molecule has 4 aliphatic carbocycles. The fourth-order valence-electron chi connectivity index (χ4n) is 5.84. The monoisotopic (exact) mass is 345 g/mol. The lowest BCUT2D eigenvalue weighted by Crippen LogP contribution is -2.51. The number of ketones is 1. The van der Waals surface area contributed by atoms with Gasteiger partial charge in [0.25, 0.3) is 0 Å². The Hall–Kier alpha value is -1.10. The van der Waals surface area contributed by atoms with E-state index in [1.54, 1.807) is 11.8 Å². The summed E-state index contributed by atoms with van der Waals surface area (Å²) in [6, 6.07) is 0. The van der Waals surface area contributed by atoms with Crippen molar-refractivity contribution in [2.24, 2.45) is 23.2 Å². The molecule has 0 spiro atoms. The summed E-state index contributed by atoms with van der Waals surface area (Å²) in [6.45, 7) is 8.51. The Bertz CT molecular complexity index is 630. The number of aromatic nitrogens is 3. The highest BCUT2D eigenvalue weighted by Crippen LogP contribution is 2.61. The van der Waals surface area contributed by atoms with E-state index in [9.17, 15) is 4.79 Å². The first-order valence-corrected chi connectivity index (χ1v) is 10.1. The van der Waals surface area contributed by atoms with E-state index in [-0.39, 0.29) is 10.7 Å². The molecule has 0 radical (unpaired) electrons. The lowest BCUT2D eigenvalue weighted by molar-refractivity contribution is -0.142. The number of hydrogen-bond donors (Lipinski definition) is 0. The first kappa shape index (κ1) is 16.4. The fourth-order valence-corrected chi connectivity index (χ4v) is 6.94. The van der Waals surface area contributed by atoms with Gasteiger partial charge in [-0.2, -0.15) is 0 Å². The van der Waals surface area contributed by atoms with Crippen LogP contribution in [0.3, 0.4) is 0 Å². The average molecular weight is 346 g/mol. The van der Waals surface area contributed by atoms with Crippen LogP contribution in [-0.4, -0.2) is 25.8 Å². The second kappa shape index (κ2) is 6.01. The van der Waals surface area contributed by atoms with Crippen LogP contribution in [0.25, 0.3) is 0 Å². The number of rotatable bonds is 6. The first-order valence-electron chi connectivity index (χ1n) is 9.22. The van der Waals surface area contributed by atoms with Gasteiger partial charge in [-0.15, -0.1) is 16.8 Å². The molecule has 0 aromatic carbocycles. The molecule has 5 rings (SSSR count). The van der Waals surface area contributed by atoms with Crippen LogP contribution in [0.4, 0.5) is 0 Å². The molecular formula is C19H27N3OS. The maximum absolute atomic E-state index is 13.4. The molecule has 0 aliphatic heterocycles. The van der Waals surface area contributed by atoms with Gasteiger partial charge in [0.15, 0.2) is 10.9 Å². The quantitative estimate of drug-likeness (QED) is 0.577. The van der Waals surface area contributed by atoms with E-state index in [1.165, 1.54) is 19.3 Å². The second-order valence-electron chi connectivity index (χ2n) is 8.25. The van der Waals surface area contributed by atoms with Crippen LogP contribution in [0, 0.1) is 30.1 Å². The van der Waals surface area contributed by atoms with E-state index < -0.39 is 0 Å². The Morgan fingerprint density at radius 3 is 2.42 bits per heavy atom. The Labute approximate surface area is 148 Å². The summed E-state index contributed by atoms with van der Waals surface area (Å²) >= 11 is 1.58. The van der Waals surface area contributed by atoms with Gasteiger partial charge in [0, 0.05) is 12.0 Å². The minimum atomic E-state index is -0.0478. The molecule has 0 amide bonds. The van der Waals surface area contributed by atoms with E-state index in [0.29, 0.717) is 12.3 Å². The molecule has 24 heavy (non-hydrogen) atoms. The largest absolute Gasteiger partial charge is 0.302 e. The Balaban J connectivity index is 1.52. The molecule has 5 heteroatoms. The topological polar surface area (TPSA) is 47.8 Å². The third kappa shape index (κ3) is 2.65. The van der Waals surface area contributed by atoms with Gasteiger partial charge in [0.05, 0.1) is 5.25 Å². The van der Waals surface area contributed by atoms with Gasteiger partial charge in [-0.25, -0.2) is 0 Å². The van der Waals surface area contributed by atoms with Crippen LogP contribution in [0.1, 0.15) is 51.3 Å². The van der Waals surface area contributed by atoms with Crippen molar-refractivity contribution in [2.45, 2.75) is 69.3 Å². The van der Waals surface area contributed by atoms with Crippen molar-refractivity contribution in [3.05, 3.63) is 18.5 Å². The molecule has 4 bridgehead atoms. The average Bonchev–Trinajstić information content (AvgIpc) is 2.86. The summed E-state index contributed by atoms with van der Waals surface area (Å²) in [6.07, 6.45) is 9.40. The first-order chi connectivity index (χ1) is 11.5. The second-order valence-corrected chi connectivity index (χ2v) is 9.56. The van der Waals surface area contributed by atoms with Crippen molar-refractivity contribution in [2.75, 3.05) is 0 Å². The van der Waals surface area contributed by atoms with Crippen molar-refractivity contribution < 1.29 is 4.79 Å². The number of thioether (sulfide) groups is 1. The summed E-state index contributed by atoms with van der Waals surface area (Å²) in [5.74, 6) is 3.78. The standard InChI is InChI=1S/C19H27N3OS/c1-4-5-22-13(3)20-21-18(22)24-12(2)17(23)19-9-14-6-15(10-19)8-16(7-14)11-19/h4,12,14-16H,1,5-11H2,2-3H3. The molecule has 1 aromatic rings. The molecule has 130 valence electrons. The Morgan fingerprint density at radius 2 is 1.88 bits per heavy atom. The molecule has 4 saturated carbocycles. The van der Waals surface area contributed by atoms with Crippen molar-refractivity contribution >= 4 is 17.5 Å². The summed E-state index contributed by atoms with van der Waals surface area (Å²) in [5.41, 5.74) is -0.0283. The molecule has 1 aromatic heterocycles. The third-order valence-electron chi connectivity index (χ3n) is 6.43. The number of Topliss-reactive ketones (excluding diaryl/α,β-unsaturated/α-hetero) is 1. The third-order valence-corrected chi connectivity index (χ3v) is 7.51.